The number of rotatable bonds is 15. The summed E-state index contributed by atoms with van der Waals surface area (Å²) in [7, 11) is -4.23. The van der Waals surface area contributed by atoms with Gasteiger partial charge >= 0.3 is 0 Å². The van der Waals surface area contributed by atoms with Crippen molar-refractivity contribution in [2.24, 2.45) is 5.92 Å². The molecule has 1 N–H and O–H groups in total. The van der Waals surface area contributed by atoms with Crippen molar-refractivity contribution in [3.8, 4) is 5.75 Å². The van der Waals surface area contributed by atoms with E-state index in [1.165, 1.54) is 29.2 Å². The Morgan fingerprint density at radius 3 is 2.19 bits per heavy atom. The Balaban J connectivity index is 2.05. The van der Waals surface area contributed by atoms with Crippen LogP contribution in [0.25, 0.3) is 0 Å². The van der Waals surface area contributed by atoms with Gasteiger partial charge < -0.3 is 15.0 Å². The highest BCUT2D eigenvalue weighted by atomic mass is 35.5. The second-order valence-corrected chi connectivity index (χ2v) is 12.6. The third kappa shape index (κ3) is 8.72. The molecule has 42 heavy (non-hydrogen) atoms. The van der Waals surface area contributed by atoms with Crippen molar-refractivity contribution in [1.29, 1.82) is 0 Å². The summed E-state index contributed by atoms with van der Waals surface area (Å²) >= 11 is 6.03. The van der Waals surface area contributed by atoms with Gasteiger partial charge in [0.15, 0.2) is 0 Å². The molecular formula is C32H40ClN3O5S. The van der Waals surface area contributed by atoms with Gasteiger partial charge in [-0.1, -0.05) is 74.8 Å². The van der Waals surface area contributed by atoms with Gasteiger partial charge in [0.05, 0.1) is 17.2 Å². The van der Waals surface area contributed by atoms with Crippen LogP contribution < -0.4 is 14.4 Å². The van der Waals surface area contributed by atoms with E-state index in [1.807, 2.05) is 51.1 Å². The number of sulfonamides is 1. The average Bonchev–Trinajstić information content (AvgIpc) is 2.98. The predicted molar refractivity (Wildman–Crippen MR) is 167 cm³/mol. The number of anilines is 1. The van der Waals surface area contributed by atoms with Crippen LogP contribution in [0.15, 0.2) is 83.8 Å². The third-order valence-corrected chi connectivity index (χ3v) is 8.69. The fourth-order valence-corrected chi connectivity index (χ4v) is 6.06. The zero-order chi connectivity index (χ0) is 30.7. The van der Waals surface area contributed by atoms with E-state index in [0.29, 0.717) is 36.8 Å². The summed E-state index contributed by atoms with van der Waals surface area (Å²) in [6, 6.07) is 21.4. The van der Waals surface area contributed by atoms with Crippen LogP contribution in [-0.4, -0.2) is 57.4 Å². The predicted octanol–water partition coefficient (Wildman–Crippen LogP) is 5.56. The minimum Gasteiger partial charge on any atom is -0.492 e. The number of para-hydroxylation sites is 2. The number of hydrogen-bond acceptors (Lipinski definition) is 5. The molecule has 0 spiro atoms. The summed E-state index contributed by atoms with van der Waals surface area (Å²) in [5.74, 6) is -0.214. The lowest BCUT2D eigenvalue weighted by atomic mass is 10.1. The Morgan fingerprint density at radius 1 is 0.929 bits per heavy atom. The highest BCUT2D eigenvalue weighted by Crippen LogP contribution is 2.33. The molecule has 8 nitrogen and oxygen atoms in total. The van der Waals surface area contributed by atoms with Crippen molar-refractivity contribution in [3.05, 3.63) is 89.4 Å². The highest BCUT2D eigenvalue weighted by molar-refractivity contribution is 7.92. The third-order valence-electron chi connectivity index (χ3n) is 6.67. The van der Waals surface area contributed by atoms with E-state index in [1.54, 1.807) is 31.2 Å². The Labute approximate surface area is 254 Å². The Kier molecular flexibility index (Phi) is 12.2. The minimum absolute atomic E-state index is 0.0245. The van der Waals surface area contributed by atoms with Gasteiger partial charge in [0.1, 0.15) is 18.3 Å². The number of carbonyl (C=O) groups is 2. The van der Waals surface area contributed by atoms with Gasteiger partial charge in [0.2, 0.25) is 11.8 Å². The monoisotopic (exact) mass is 613 g/mol. The maximum atomic E-state index is 14.2. The summed E-state index contributed by atoms with van der Waals surface area (Å²) in [4.78, 5) is 29.0. The number of ether oxygens (including phenoxy) is 1. The summed E-state index contributed by atoms with van der Waals surface area (Å²) in [6.45, 7) is 8.10. The molecule has 0 bridgehead atoms. The Hall–Kier alpha value is -3.56. The molecule has 3 rings (SSSR count). The molecule has 1 atom stereocenters. The summed E-state index contributed by atoms with van der Waals surface area (Å²) in [6.07, 6.45) is 0.865. The first-order chi connectivity index (χ1) is 20.1. The molecule has 3 aromatic carbocycles. The molecule has 0 aromatic heterocycles. The van der Waals surface area contributed by atoms with Crippen LogP contribution in [-0.2, 0) is 26.0 Å². The number of halogens is 1. The number of amides is 2. The van der Waals surface area contributed by atoms with Crippen molar-refractivity contribution >= 4 is 39.1 Å². The molecule has 0 unspecified atom stereocenters. The zero-order valence-corrected chi connectivity index (χ0v) is 26.2. The van der Waals surface area contributed by atoms with Crippen molar-refractivity contribution < 1.29 is 22.7 Å². The molecule has 0 aliphatic carbocycles. The highest BCUT2D eigenvalue weighted by Gasteiger charge is 2.34. The molecule has 226 valence electrons. The van der Waals surface area contributed by atoms with Gasteiger partial charge in [0, 0.05) is 18.1 Å². The van der Waals surface area contributed by atoms with Crippen molar-refractivity contribution in [2.45, 2.75) is 51.5 Å². The number of nitrogens with one attached hydrogen (secondary N) is 1. The van der Waals surface area contributed by atoms with Gasteiger partial charge in [-0.3, -0.25) is 13.9 Å². The normalized spacial score (nSPS) is 12.0. The molecule has 3 aromatic rings. The van der Waals surface area contributed by atoms with E-state index in [-0.39, 0.29) is 29.0 Å². The first kappa shape index (κ1) is 32.9. The standard InChI is InChI=1S/C32H40ClN3O5S/c1-5-28(32(38)34-22-24(3)4)35(21-20-25-12-8-7-9-13-25)31(37)23-36(29-14-10-11-15-30(29)41-6-2)42(39,40)27-18-16-26(33)17-19-27/h7-19,24,28H,5-6,20-23H2,1-4H3,(H,34,38)/t28-/m1/s1. The van der Waals surface area contributed by atoms with Crippen LogP contribution >= 0.6 is 11.6 Å². The lowest BCUT2D eigenvalue weighted by molar-refractivity contribution is -0.139. The van der Waals surface area contributed by atoms with Crippen molar-refractivity contribution in [2.75, 3.05) is 30.5 Å². The fourth-order valence-electron chi connectivity index (χ4n) is 4.51. The van der Waals surface area contributed by atoms with Crippen LogP contribution in [0.1, 0.15) is 39.7 Å². The second kappa shape index (κ2) is 15.6. The molecule has 0 saturated carbocycles. The second-order valence-electron chi connectivity index (χ2n) is 10.3. The minimum atomic E-state index is -4.23. The van der Waals surface area contributed by atoms with Crippen LogP contribution in [0.4, 0.5) is 5.69 Å². The van der Waals surface area contributed by atoms with E-state index < -0.39 is 28.5 Å². The molecule has 0 fully saturated rings. The van der Waals surface area contributed by atoms with Crippen molar-refractivity contribution in [3.63, 3.8) is 0 Å². The van der Waals surface area contributed by atoms with Crippen LogP contribution in [0.2, 0.25) is 5.02 Å². The zero-order valence-electron chi connectivity index (χ0n) is 24.6. The summed E-state index contributed by atoms with van der Waals surface area (Å²) in [5, 5.41) is 3.33. The van der Waals surface area contributed by atoms with Gasteiger partial charge in [-0.25, -0.2) is 8.42 Å². The molecule has 2 amide bonds. The van der Waals surface area contributed by atoms with E-state index in [0.717, 1.165) is 9.87 Å². The average molecular weight is 614 g/mol. The smallest absolute Gasteiger partial charge is 0.264 e. The maximum Gasteiger partial charge on any atom is 0.264 e. The first-order valence-electron chi connectivity index (χ1n) is 14.2. The number of carbonyl (C=O) groups excluding carboxylic acids is 2. The molecule has 0 saturated heterocycles. The maximum absolute atomic E-state index is 14.2. The van der Waals surface area contributed by atoms with Gasteiger partial charge in [-0.15, -0.1) is 0 Å². The Bertz CT molecular complexity index is 1420. The quantitative estimate of drug-likeness (QED) is 0.242. The molecule has 0 heterocycles. The molecule has 0 radical (unpaired) electrons. The van der Waals surface area contributed by atoms with Crippen LogP contribution in [0.3, 0.4) is 0 Å². The van der Waals surface area contributed by atoms with E-state index in [4.69, 9.17) is 16.3 Å². The molecule has 0 aliphatic heterocycles. The van der Waals surface area contributed by atoms with E-state index in [9.17, 15) is 18.0 Å². The van der Waals surface area contributed by atoms with Gasteiger partial charge in [0.25, 0.3) is 10.0 Å². The van der Waals surface area contributed by atoms with Crippen LogP contribution in [0.5, 0.6) is 5.75 Å². The molecule has 0 aliphatic rings. The van der Waals surface area contributed by atoms with E-state index in [2.05, 4.69) is 5.32 Å². The number of nitrogens with zero attached hydrogens (tertiary/aromatic N) is 2. The van der Waals surface area contributed by atoms with E-state index >= 15 is 0 Å². The van der Waals surface area contributed by atoms with Crippen LogP contribution in [0, 0.1) is 5.92 Å². The summed E-state index contributed by atoms with van der Waals surface area (Å²) in [5.41, 5.74) is 1.23. The van der Waals surface area contributed by atoms with Gasteiger partial charge in [-0.2, -0.15) is 0 Å². The SMILES string of the molecule is CCOc1ccccc1N(CC(=O)N(CCc1ccccc1)[C@H](CC)C(=O)NCC(C)C)S(=O)(=O)c1ccc(Cl)cc1. The number of hydrogen-bond donors (Lipinski definition) is 1. The lowest BCUT2D eigenvalue weighted by Gasteiger charge is -2.33. The molecule has 10 heteroatoms. The first-order valence-corrected chi connectivity index (χ1v) is 16.0. The topological polar surface area (TPSA) is 96.0 Å². The van der Waals surface area contributed by atoms with Crippen molar-refractivity contribution in [1.82, 2.24) is 10.2 Å². The largest absolute Gasteiger partial charge is 0.492 e. The summed E-state index contributed by atoms with van der Waals surface area (Å²) < 4.78 is 34.9. The van der Waals surface area contributed by atoms with Gasteiger partial charge in [-0.05, 0) is 67.6 Å². The molecular weight excluding hydrogens is 574 g/mol. The Morgan fingerprint density at radius 2 is 1.57 bits per heavy atom. The number of benzene rings is 3. The lowest BCUT2D eigenvalue weighted by Crippen LogP contribution is -2.53. The fraction of sp³-hybridized carbons (Fsp3) is 0.375.